The second-order valence-electron chi connectivity index (χ2n) is 3.63. The van der Waals surface area contributed by atoms with E-state index in [0.717, 1.165) is 6.42 Å². The maximum absolute atomic E-state index is 12.0. The average Bonchev–Trinajstić information content (AvgIpc) is 2.73. The van der Waals surface area contributed by atoms with Crippen molar-refractivity contribution in [3.05, 3.63) is 24.5 Å². The van der Waals surface area contributed by atoms with E-state index in [1.165, 1.54) is 0 Å². The van der Waals surface area contributed by atoms with Crippen LogP contribution >= 0.6 is 0 Å². The number of aryl methyl sites for hydroxylation is 1. The number of aromatic nitrogens is 2. The summed E-state index contributed by atoms with van der Waals surface area (Å²) in [5.41, 5.74) is 0.533. The maximum Gasteiger partial charge on any atom is 0.198 e. The lowest BCUT2D eigenvalue weighted by atomic mass is 10.2. The summed E-state index contributed by atoms with van der Waals surface area (Å²) in [5.74, 6) is 0.513. The summed E-state index contributed by atoms with van der Waals surface area (Å²) in [5, 5.41) is 7.13. The molecule has 0 saturated heterocycles. The number of nitrogens with one attached hydrogen (secondary N) is 1. The highest BCUT2D eigenvalue weighted by Crippen LogP contribution is 2.18. The molecule has 0 bridgehead atoms. The van der Waals surface area contributed by atoms with Crippen molar-refractivity contribution >= 4 is 5.78 Å². The molecule has 0 aliphatic heterocycles. The molecule has 0 atom stereocenters. The number of nitrogens with zero attached hydrogens (tertiary/aromatic N) is 2. The van der Waals surface area contributed by atoms with Gasteiger partial charge in [-0.1, -0.05) is 13.0 Å². The van der Waals surface area contributed by atoms with Crippen LogP contribution in [0.2, 0.25) is 0 Å². The van der Waals surface area contributed by atoms with Gasteiger partial charge in [0.15, 0.2) is 11.5 Å². The molecular weight excluding hydrogens is 218 g/mol. The van der Waals surface area contributed by atoms with Crippen molar-refractivity contribution in [3.63, 3.8) is 0 Å². The third-order valence-corrected chi connectivity index (χ3v) is 2.30. The zero-order chi connectivity index (χ0) is 12.7. The quantitative estimate of drug-likeness (QED) is 0.420. The minimum absolute atomic E-state index is 0.0188. The smallest absolute Gasteiger partial charge is 0.198 e. The zero-order valence-electron chi connectivity index (χ0n) is 10.4. The highest BCUT2D eigenvalue weighted by molar-refractivity contribution is 5.98. The van der Waals surface area contributed by atoms with E-state index in [4.69, 9.17) is 4.74 Å². The number of carbonyl (C=O) groups excluding carboxylic acids is 1. The number of carbonyl (C=O) groups is 1. The summed E-state index contributed by atoms with van der Waals surface area (Å²) in [6.07, 6.45) is 4.22. The molecule has 0 fully saturated rings. The number of hydrogen-bond donors (Lipinski definition) is 1. The van der Waals surface area contributed by atoms with E-state index in [1.54, 1.807) is 24.1 Å². The molecular formula is C12H19N3O2. The van der Waals surface area contributed by atoms with Crippen LogP contribution in [-0.2, 0) is 6.54 Å². The maximum atomic E-state index is 12.0. The minimum atomic E-state index is -0.0188. The van der Waals surface area contributed by atoms with Crippen LogP contribution in [0.3, 0.4) is 0 Å². The molecule has 0 radical (unpaired) electrons. The molecule has 1 aromatic heterocycles. The normalized spacial score (nSPS) is 10.2. The number of methoxy groups -OCH3 is 1. The number of Topliss-reactive ketones (excluding diaryl/α,β-unsaturated/α-hetero) is 1. The fourth-order valence-electron chi connectivity index (χ4n) is 1.55. The first-order valence-corrected chi connectivity index (χ1v) is 5.69. The second-order valence-corrected chi connectivity index (χ2v) is 3.63. The minimum Gasteiger partial charge on any atom is -0.493 e. The van der Waals surface area contributed by atoms with Gasteiger partial charge in [-0.2, -0.15) is 5.10 Å². The Balaban J connectivity index is 2.81. The molecule has 5 nitrogen and oxygen atoms in total. The number of rotatable bonds is 8. The van der Waals surface area contributed by atoms with Gasteiger partial charge in [0.25, 0.3) is 0 Å². The van der Waals surface area contributed by atoms with Gasteiger partial charge in [0.1, 0.15) is 5.69 Å². The predicted molar refractivity (Wildman–Crippen MR) is 66.5 cm³/mol. The van der Waals surface area contributed by atoms with Crippen LogP contribution in [0.1, 0.15) is 23.8 Å². The lowest BCUT2D eigenvalue weighted by molar-refractivity contribution is 0.0978. The summed E-state index contributed by atoms with van der Waals surface area (Å²) in [6, 6.07) is 0. The summed E-state index contributed by atoms with van der Waals surface area (Å²) < 4.78 is 6.84. The molecule has 1 N–H and O–H groups in total. The molecule has 0 aliphatic carbocycles. The Kier molecular flexibility index (Phi) is 5.42. The highest BCUT2D eigenvalue weighted by atomic mass is 16.5. The summed E-state index contributed by atoms with van der Waals surface area (Å²) in [4.78, 5) is 12.0. The predicted octanol–water partition coefficient (Wildman–Crippen LogP) is 1.26. The van der Waals surface area contributed by atoms with Crippen molar-refractivity contribution in [2.75, 3.05) is 20.2 Å². The number of ketones is 1. The lowest BCUT2D eigenvalue weighted by Gasteiger charge is -2.07. The van der Waals surface area contributed by atoms with Gasteiger partial charge >= 0.3 is 0 Å². The molecule has 0 aromatic carbocycles. The van der Waals surface area contributed by atoms with Crippen LogP contribution in [0.25, 0.3) is 0 Å². The van der Waals surface area contributed by atoms with E-state index in [1.807, 2.05) is 6.92 Å². The molecule has 94 valence electrons. The van der Waals surface area contributed by atoms with Gasteiger partial charge in [0.05, 0.1) is 19.9 Å². The van der Waals surface area contributed by atoms with Gasteiger partial charge in [-0.05, 0) is 6.42 Å². The first kappa shape index (κ1) is 13.4. The molecule has 0 unspecified atom stereocenters. The summed E-state index contributed by atoms with van der Waals surface area (Å²) in [7, 11) is 1.54. The Hall–Kier alpha value is -1.62. The van der Waals surface area contributed by atoms with Crippen LogP contribution < -0.4 is 10.1 Å². The first-order valence-electron chi connectivity index (χ1n) is 5.69. The van der Waals surface area contributed by atoms with Gasteiger partial charge in [-0.3, -0.25) is 9.48 Å². The fraction of sp³-hybridized carbons (Fsp3) is 0.500. The van der Waals surface area contributed by atoms with Gasteiger partial charge < -0.3 is 10.1 Å². The molecule has 1 rings (SSSR count). The van der Waals surface area contributed by atoms with Crippen LogP contribution in [-0.4, -0.2) is 35.8 Å². The van der Waals surface area contributed by atoms with Gasteiger partial charge in [0, 0.05) is 13.1 Å². The third kappa shape index (κ3) is 3.42. The molecule has 0 spiro atoms. The second kappa shape index (κ2) is 6.85. The van der Waals surface area contributed by atoms with E-state index < -0.39 is 0 Å². The average molecular weight is 237 g/mol. The first-order chi connectivity index (χ1) is 8.24. The van der Waals surface area contributed by atoms with Crippen LogP contribution in [0, 0.1) is 0 Å². The van der Waals surface area contributed by atoms with E-state index in [0.29, 0.717) is 24.5 Å². The Bertz CT molecular complexity index is 385. The van der Waals surface area contributed by atoms with Crippen molar-refractivity contribution in [3.8, 4) is 5.75 Å². The summed E-state index contributed by atoms with van der Waals surface area (Å²) >= 11 is 0. The van der Waals surface area contributed by atoms with Gasteiger partial charge in [-0.25, -0.2) is 0 Å². The van der Waals surface area contributed by atoms with Crippen LogP contribution in [0.5, 0.6) is 5.75 Å². The van der Waals surface area contributed by atoms with E-state index in [-0.39, 0.29) is 12.3 Å². The molecule has 0 amide bonds. The highest BCUT2D eigenvalue weighted by Gasteiger charge is 2.18. The molecule has 1 heterocycles. The van der Waals surface area contributed by atoms with E-state index in [2.05, 4.69) is 17.0 Å². The molecule has 17 heavy (non-hydrogen) atoms. The largest absolute Gasteiger partial charge is 0.493 e. The van der Waals surface area contributed by atoms with Crippen LogP contribution in [0.15, 0.2) is 18.9 Å². The topological polar surface area (TPSA) is 56.1 Å². The summed E-state index contributed by atoms with van der Waals surface area (Å²) in [6.45, 7) is 7.21. The van der Waals surface area contributed by atoms with Crippen molar-refractivity contribution in [1.29, 1.82) is 0 Å². The molecule has 0 aliphatic rings. The van der Waals surface area contributed by atoms with Crippen molar-refractivity contribution < 1.29 is 9.53 Å². The molecule has 1 aromatic rings. The molecule has 5 heteroatoms. The van der Waals surface area contributed by atoms with Gasteiger partial charge in [-0.15, -0.1) is 6.58 Å². The number of hydrogen-bond acceptors (Lipinski definition) is 4. The Morgan fingerprint density at radius 2 is 2.47 bits per heavy atom. The van der Waals surface area contributed by atoms with Crippen molar-refractivity contribution in [2.45, 2.75) is 19.9 Å². The van der Waals surface area contributed by atoms with Gasteiger partial charge in [0.2, 0.25) is 0 Å². The standard InChI is InChI=1S/C12H19N3O2/c1-4-6-13-8-10(16)12-11(17-3)9-14-15(12)7-5-2/h4,9,13H,1,5-8H2,2-3H3. The van der Waals surface area contributed by atoms with Crippen LogP contribution in [0.4, 0.5) is 0 Å². The number of ether oxygens (including phenoxy) is 1. The lowest BCUT2D eigenvalue weighted by Crippen LogP contribution is -2.25. The fourth-order valence-corrected chi connectivity index (χ4v) is 1.55. The van der Waals surface area contributed by atoms with Crippen molar-refractivity contribution in [1.82, 2.24) is 15.1 Å². The third-order valence-electron chi connectivity index (χ3n) is 2.30. The Morgan fingerprint density at radius 1 is 1.71 bits per heavy atom. The zero-order valence-corrected chi connectivity index (χ0v) is 10.4. The van der Waals surface area contributed by atoms with E-state index in [9.17, 15) is 4.79 Å². The Morgan fingerprint density at radius 3 is 3.06 bits per heavy atom. The Labute approximate surface area is 101 Å². The van der Waals surface area contributed by atoms with E-state index >= 15 is 0 Å². The van der Waals surface area contributed by atoms with Crippen molar-refractivity contribution in [2.24, 2.45) is 0 Å². The monoisotopic (exact) mass is 237 g/mol. The molecule has 0 saturated carbocycles. The SMILES string of the molecule is C=CCNCC(=O)c1c(OC)cnn1CCC.